The molecular weight excluding hydrogens is 224 g/mol. The zero-order valence-electron chi connectivity index (χ0n) is 7.53. The molecule has 0 radical (unpaired) electrons. The van der Waals surface area contributed by atoms with Crippen LogP contribution in [-0.4, -0.2) is 19.4 Å². The van der Waals surface area contributed by atoms with Gasteiger partial charge in [0.2, 0.25) is 0 Å². The van der Waals surface area contributed by atoms with Crippen molar-refractivity contribution in [3.8, 4) is 0 Å². The Hall–Kier alpha value is -0.870. The maximum absolute atomic E-state index is 11.4. The van der Waals surface area contributed by atoms with Crippen LogP contribution in [0.15, 0.2) is 29.2 Å². The van der Waals surface area contributed by atoms with Gasteiger partial charge in [0.15, 0.2) is 9.84 Å². The van der Waals surface area contributed by atoms with Crippen LogP contribution in [0.2, 0.25) is 0 Å². The van der Waals surface area contributed by atoms with Gasteiger partial charge in [0.25, 0.3) is 5.24 Å². The molecule has 1 aromatic rings. The molecule has 1 aromatic carbocycles. The Morgan fingerprint density at radius 3 is 2.14 bits per heavy atom. The Labute approximate surface area is 87.6 Å². The van der Waals surface area contributed by atoms with Gasteiger partial charge in [0, 0.05) is 5.56 Å². The van der Waals surface area contributed by atoms with E-state index in [4.69, 9.17) is 11.6 Å². The maximum Gasteiger partial charge on any atom is 0.252 e. The third kappa shape index (κ3) is 2.33. The number of rotatable bonds is 3. The molecule has 0 bridgehead atoms. The van der Waals surface area contributed by atoms with E-state index < -0.39 is 15.1 Å². The fraction of sp³-hybridized carbons (Fsp3) is 0.222. The molecule has 0 saturated carbocycles. The molecule has 0 N–H and O–H groups in total. The van der Waals surface area contributed by atoms with Gasteiger partial charge in [0.05, 0.1) is 10.6 Å². The highest BCUT2D eigenvalue weighted by molar-refractivity contribution is 7.91. The molecule has 0 heterocycles. The number of sulfone groups is 1. The first-order valence-electron chi connectivity index (χ1n) is 4.00. The summed E-state index contributed by atoms with van der Waals surface area (Å²) in [6, 6.07) is 5.57. The smallest absolute Gasteiger partial charge is 0.252 e. The third-order valence-corrected chi connectivity index (χ3v) is 3.79. The van der Waals surface area contributed by atoms with Gasteiger partial charge in [-0.2, -0.15) is 0 Å². The Kier molecular flexibility index (Phi) is 3.29. The lowest BCUT2D eigenvalue weighted by atomic mass is 10.2. The molecule has 14 heavy (non-hydrogen) atoms. The minimum Gasteiger partial charge on any atom is -0.276 e. The van der Waals surface area contributed by atoms with Gasteiger partial charge in [-0.1, -0.05) is 6.92 Å². The zero-order valence-corrected chi connectivity index (χ0v) is 9.10. The number of hydrogen-bond donors (Lipinski definition) is 0. The number of hydrogen-bond acceptors (Lipinski definition) is 3. The second-order valence-electron chi connectivity index (χ2n) is 2.70. The van der Waals surface area contributed by atoms with E-state index in [1.54, 1.807) is 6.92 Å². The average molecular weight is 233 g/mol. The van der Waals surface area contributed by atoms with E-state index in [1.165, 1.54) is 24.3 Å². The lowest BCUT2D eigenvalue weighted by Crippen LogP contribution is -2.03. The highest BCUT2D eigenvalue weighted by Gasteiger charge is 2.11. The average Bonchev–Trinajstić information content (AvgIpc) is 2.18. The Morgan fingerprint density at radius 2 is 1.79 bits per heavy atom. The van der Waals surface area contributed by atoms with Crippen LogP contribution in [0.1, 0.15) is 17.3 Å². The molecule has 0 atom stereocenters. The molecule has 0 aliphatic heterocycles. The largest absolute Gasteiger partial charge is 0.276 e. The summed E-state index contributed by atoms with van der Waals surface area (Å²) < 4.78 is 22.7. The van der Waals surface area contributed by atoms with Crippen molar-refractivity contribution in [3.05, 3.63) is 29.8 Å². The highest BCUT2D eigenvalue weighted by atomic mass is 35.5. The number of benzene rings is 1. The third-order valence-electron chi connectivity index (χ3n) is 1.82. The molecule has 0 aliphatic carbocycles. The lowest BCUT2D eigenvalue weighted by Gasteiger charge is -2.00. The van der Waals surface area contributed by atoms with Crippen molar-refractivity contribution in [2.24, 2.45) is 0 Å². The molecule has 1 rings (SSSR count). The first kappa shape index (κ1) is 11.2. The van der Waals surface area contributed by atoms with E-state index in [9.17, 15) is 13.2 Å². The molecule has 76 valence electrons. The standard InChI is InChI=1S/C9H9ClO3S/c1-2-14(12,13)8-5-3-7(4-6-8)9(10)11/h3-6H,2H2,1H3. The first-order chi connectivity index (χ1) is 6.47. The van der Waals surface area contributed by atoms with Gasteiger partial charge < -0.3 is 0 Å². The molecule has 0 aliphatic rings. The second-order valence-corrected chi connectivity index (χ2v) is 5.32. The van der Waals surface area contributed by atoms with Crippen molar-refractivity contribution in [1.29, 1.82) is 0 Å². The van der Waals surface area contributed by atoms with Gasteiger partial charge >= 0.3 is 0 Å². The molecule has 0 aromatic heterocycles. The van der Waals surface area contributed by atoms with Crippen LogP contribution >= 0.6 is 11.6 Å². The number of carbonyl (C=O) groups excluding carboxylic acids is 1. The summed E-state index contributed by atoms with van der Waals surface area (Å²) in [7, 11) is -3.20. The Balaban J connectivity index is 3.12. The zero-order chi connectivity index (χ0) is 10.8. The van der Waals surface area contributed by atoms with E-state index >= 15 is 0 Å². The van der Waals surface area contributed by atoms with Crippen LogP contribution in [0.3, 0.4) is 0 Å². The van der Waals surface area contributed by atoms with Crippen molar-refractivity contribution >= 4 is 26.7 Å². The minimum absolute atomic E-state index is 0.0428. The Morgan fingerprint density at radius 1 is 1.29 bits per heavy atom. The van der Waals surface area contributed by atoms with Crippen LogP contribution < -0.4 is 0 Å². The van der Waals surface area contributed by atoms with E-state index in [-0.39, 0.29) is 10.6 Å². The Bertz CT molecular complexity index is 434. The highest BCUT2D eigenvalue weighted by Crippen LogP contribution is 2.13. The van der Waals surface area contributed by atoms with Crippen LogP contribution in [0.4, 0.5) is 0 Å². The van der Waals surface area contributed by atoms with Gasteiger partial charge in [-0.3, -0.25) is 4.79 Å². The van der Waals surface area contributed by atoms with Gasteiger partial charge in [-0.05, 0) is 35.9 Å². The maximum atomic E-state index is 11.4. The van der Waals surface area contributed by atoms with E-state index in [0.29, 0.717) is 5.56 Å². The fourth-order valence-electron chi connectivity index (χ4n) is 0.960. The number of carbonyl (C=O) groups is 1. The molecule has 0 amide bonds. The summed E-state index contributed by atoms with van der Waals surface area (Å²) in [5, 5.41) is -0.592. The van der Waals surface area contributed by atoms with Gasteiger partial charge in [-0.25, -0.2) is 8.42 Å². The molecular formula is C9H9ClO3S. The summed E-state index contributed by atoms with van der Waals surface area (Å²) in [6.45, 7) is 1.57. The minimum atomic E-state index is -3.20. The van der Waals surface area contributed by atoms with Gasteiger partial charge in [0.1, 0.15) is 0 Å². The van der Waals surface area contributed by atoms with Crippen molar-refractivity contribution in [1.82, 2.24) is 0 Å². The van der Waals surface area contributed by atoms with Crippen LogP contribution in [-0.2, 0) is 9.84 Å². The monoisotopic (exact) mass is 232 g/mol. The first-order valence-corrected chi connectivity index (χ1v) is 6.03. The lowest BCUT2D eigenvalue weighted by molar-refractivity contribution is 0.108. The van der Waals surface area contributed by atoms with Crippen LogP contribution in [0, 0.1) is 0 Å². The van der Waals surface area contributed by atoms with Crippen molar-refractivity contribution in [3.63, 3.8) is 0 Å². The summed E-state index contributed by atoms with van der Waals surface area (Å²) in [5.74, 6) is 0.0428. The van der Waals surface area contributed by atoms with Crippen LogP contribution in [0.5, 0.6) is 0 Å². The predicted molar refractivity (Wildman–Crippen MR) is 54.4 cm³/mol. The van der Waals surface area contributed by atoms with Crippen molar-refractivity contribution in [2.75, 3.05) is 5.75 Å². The van der Waals surface area contributed by atoms with E-state index in [0.717, 1.165) is 0 Å². The molecule has 3 nitrogen and oxygen atoms in total. The molecule has 0 fully saturated rings. The topological polar surface area (TPSA) is 51.2 Å². The number of halogens is 1. The normalized spacial score (nSPS) is 11.3. The molecule has 0 spiro atoms. The SMILES string of the molecule is CCS(=O)(=O)c1ccc(C(=O)Cl)cc1. The van der Waals surface area contributed by atoms with Gasteiger partial charge in [-0.15, -0.1) is 0 Å². The molecule has 0 unspecified atom stereocenters. The summed E-state index contributed by atoms with van der Waals surface area (Å²) in [5.41, 5.74) is 0.293. The molecule has 5 heteroatoms. The van der Waals surface area contributed by atoms with Crippen molar-refractivity contribution < 1.29 is 13.2 Å². The van der Waals surface area contributed by atoms with Crippen molar-refractivity contribution in [2.45, 2.75) is 11.8 Å². The second kappa shape index (κ2) is 4.11. The predicted octanol–water partition coefficient (Wildman–Crippen LogP) is 1.86. The van der Waals surface area contributed by atoms with E-state index in [1.807, 2.05) is 0 Å². The van der Waals surface area contributed by atoms with E-state index in [2.05, 4.69) is 0 Å². The molecule has 0 saturated heterocycles. The fourth-order valence-corrected chi connectivity index (χ4v) is 1.97. The van der Waals surface area contributed by atoms with Crippen LogP contribution in [0.25, 0.3) is 0 Å². The quantitative estimate of drug-likeness (QED) is 0.748. The summed E-state index contributed by atoms with van der Waals surface area (Å²) >= 11 is 5.22. The summed E-state index contributed by atoms with van der Waals surface area (Å²) in [6.07, 6.45) is 0. The summed E-state index contributed by atoms with van der Waals surface area (Å²) in [4.78, 5) is 10.9.